The summed E-state index contributed by atoms with van der Waals surface area (Å²) in [5, 5.41) is 2.97. The number of nitrogens with one attached hydrogen (secondary N) is 1. The van der Waals surface area contributed by atoms with Crippen molar-refractivity contribution in [1.82, 2.24) is 0 Å². The summed E-state index contributed by atoms with van der Waals surface area (Å²) < 4.78 is 0. The molecule has 1 aliphatic heterocycles. The van der Waals surface area contributed by atoms with Crippen LogP contribution in [0, 0.1) is 6.92 Å². The van der Waals surface area contributed by atoms with Gasteiger partial charge in [-0.1, -0.05) is 48.0 Å². The van der Waals surface area contributed by atoms with Gasteiger partial charge >= 0.3 is 0 Å². The molecule has 3 rings (SSSR count). The first kappa shape index (κ1) is 12.9. The summed E-state index contributed by atoms with van der Waals surface area (Å²) in [7, 11) is 0. The van der Waals surface area contributed by atoms with E-state index in [0.717, 1.165) is 27.9 Å². The van der Waals surface area contributed by atoms with E-state index in [9.17, 15) is 4.79 Å². The molecule has 20 heavy (non-hydrogen) atoms. The number of carbonyl (C=O) groups is 1. The maximum atomic E-state index is 11.9. The van der Waals surface area contributed by atoms with Gasteiger partial charge in [0.2, 0.25) is 5.91 Å². The van der Waals surface area contributed by atoms with Gasteiger partial charge in [-0.05, 0) is 30.5 Å². The third-order valence-electron chi connectivity index (χ3n) is 3.95. The lowest BCUT2D eigenvalue weighted by Crippen LogP contribution is -2.15. The fraction of sp³-hybridized carbons (Fsp3) is 0.235. The number of amides is 1. The van der Waals surface area contributed by atoms with Crippen molar-refractivity contribution in [2.45, 2.75) is 25.8 Å². The van der Waals surface area contributed by atoms with Gasteiger partial charge in [-0.3, -0.25) is 4.79 Å². The lowest BCUT2D eigenvalue weighted by molar-refractivity contribution is -0.116. The summed E-state index contributed by atoms with van der Waals surface area (Å²) in [5.74, 6) is -0.0567. The van der Waals surface area contributed by atoms with E-state index in [4.69, 9.17) is 5.73 Å². The van der Waals surface area contributed by atoms with Crippen molar-refractivity contribution in [2.75, 3.05) is 5.32 Å². The number of rotatable bonds is 2. The van der Waals surface area contributed by atoms with Crippen LogP contribution in [0.15, 0.2) is 42.5 Å². The molecule has 0 spiro atoms. The van der Waals surface area contributed by atoms with Gasteiger partial charge in [0, 0.05) is 5.69 Å². The minimum absolute atomic E-state index is 0.0483. The third kappa shape index (κ3) is 2.00. The summed E-state index contributed by atoms with van der Waals surface area (Å²) in [4.78, 5) is 11.9. The summed E-state index contributed by atoms with van der Waals surface area (Å²) in [6.07, 6.45) is 0. The second-order valence-corrected chi connectivity index (χ2v) is 5.42. The number of aryl methyl sites for hydroxylation is 1. The maximum Gasteiger partial charge on any atom is 0.231 e. The monoisotopic (exact) mass is 266 g/mol. The van der Waals surface area contributed by atoms with Crippen LogP contribution in [0.1, 0.15) is 41.1 Å². The molecule has 0 saturated heterocycles. The van der Waals surface area contributed by atoms with E-state index < -0.39 is 0 Å². The molecule has 2 unspecified atom stereocenters. The Labute approximate surface area is 118 Å². The Morgan fingerprint density at radius 3 is 2.60 bits per heavy atom. The highest BCUT2D eigenvalue weighted by atomic mass is 16.2. The second kappa shape index (κ2) is 4.76. The van der Waals surface area contributed by atoms with Gasteiger partial charge in [0.15, 0.2) is 0 Å². The average Bonchev–Trinajstić information content (AvgIpc) is 2.74. The number of nitrogens with two attached hydrogens (primary N) is 1. The molecule has 1 amide bonds. The van der Waals surface area contributed by atoms with Gasteiger partial charge in [-0.2, -0.15) is 0 Å². The van der Waals surface area contributed by atoms with E-state index in [1.54, 1.807) is 0 Å². The summed E-state index contributed by atoms with van der Waals surface area (Å²) in [6.45, 7) is 3.97. The van der Waals surface area contributed by atoms with Crippen LogP contribution in [-0.4, -0.2) is 5.91 Å². The first-order chi connectivity index (χ1) is 9.58. The van der Waals surface area contributed by atoms with Crippen molar-refractivity contribution in [3.63, 3.8) is 0 Å². The maximum absolute atomic E-state index is 11.9. The minimum atomic E-state index is -0.226. The average molecular weight is 266 g/mol. The van der Waals surface area contributed by atoms with Gasteiger partial charge < -0.3 is 11.1 Å². The van der Waals surface area contributed by atoms with Gasteiger partial charge in [-0.15, -0.1) is 0 Å². The summed E-state index contributed by atoms with van der Waals surface area (Å²) in [5.41, 5.74) is 11.5. The number of fused-ring (bicyclic) bond motifs is 1. The lowest BCUT2D eigenvalue weighted by atomic mass is 9.92. The molecule has 1 aliphatic rings. The van der Waals surface area contributed by atoms with E-state index in [2.05, 4.69) is 17.4 Å². The van der Waals surface area contributed by atoms with Crippen LogP contribution in [0.4, 0.5) is 5.69 Å². The molecule has 0 fully saturated rings. The third-order valence-corrected chi connectivity index (χ3v) is 3.95. The quantitative estimate of drug-likeness (QED) is 0.877. The van der Waals surface area contributed by atoms with Crippen molar-refractivity contribution >= 4 is 11.6 Å². The lowest BCUT2D eigenvalue weighted by Gasteiger charge is -2.17. The predicted molar refractivity (Wildman–Crippen MR) is 80.7 cm³/mol. The molecular weight excluding hydrogens is 248 g/mol. The topological polar surface area (TPSA) is 55.1 Å². The predicted octanol–water partition coefficient (Wildman–Crippen LogP) is 3.10. The molecule has 0 saturated carbocycles. The van der Waals surface area contributed by atoms with Gasteiger partial charge in [0.1, 0.15) is 0 Å². The first-order valence-corrected chi connectivity index (χ1v) is 6.83. The molecule has 2 aromatic carbocycles. The van der Waals surface area contributed by atoms with Crippen LogP contribution in [0.3, 0.4) is 0 Å². The minimum Gasteiger partial charge on any atom is -0.325 e. The van der Waals surface area contributed by atoms with Crippen molar-refractivity contribution in [1.29, 1.82) is 0 Å². The van der Waals surface area contributed by atoms with Crippen LogP contribution in [0.2, 0.25) is 0 Å². The molecule has 3 N–H and O–H groups in total. The normalized spacial score (nSPS) is 18.6. The largest absolute Gasteiger partial charge is 0.325 e. The second-order valence-electron chi connectivity index (χ2n) is 5.42. The molecule has 1 heterocycles. The first-order valence-electron chi connectivity index (χ1n) is 6.83. The van der Waals surface area contributed by atoms with Crippen LogP contribution in [0.25, 0.3) is 0 Å². The number of carbonyl (C=O) groups excluding carboxylic acids is 1. The molecule has 2 aromatic rings. The molecule has 3 nitrogen and oxygen atoms in total. The number of anilines is 1. The Morgan fingerprint density at radius 1 is 1.20 bits per heavy atom. The van der Waals surface area contributed by atoms with Crippen molar-refractivity contribution < 1.29 is 4.79 Å². The Hall–Kier alpha value is -2.13. The van der Waals surface area contributed by atoms with Crippen molar-refractivity contribution in [3.05, 3.63) is 64.7 Å². The smallest absolute Gasteiger partial charge is 0.231 e. The number of hydrogen-bond donors (Lipinski definition) is 2. The molecule has 2 atom stereocenters. The zero-order valence-electron chi connectivity index (χ0n) is 11.7. The Bertz CT molecular complexity index is 664. The number of hydrogen-bond acceptors (Lipinski definition) is 2. The standard InChI is InChI=1S/C17H18N2O/c1-10-8-13-11(2)17(20)19-16(13)14(9-10)15(18)12-6-4-3-5-7-12/h3-9,11,15H,18H2,1-2H3,(H,19,20). The van der Waals surface area contributed by atoms with E-state index >= 15 is 0 Å². The van der Waals surface area contributed by atoms with E-state index in [0.29, 0.717) is 0 Å². The molecule has 0 aromatic heterocycles. The highest BCUT2D eigenvalue weighted by Crippen LogP contribution is 2.39. The molecule has 0 bridgehead atoms. The zero-order valence-corrected chi connectivity index (χ0v) is 11.7. The van der Waals surface area contributed by atoms with E-state index in [1.165, 1.54) is 0 Å². The Balaban J connectivity index is 2.12. The van der Waals surface area contributed by atoms with Crippen molar-refractivity contribution in [2.24, 2.45) is 5.73 Å². The zero-order chi connectivity index (χ0) is 14.3. The SMILES string of the molecule is Cc1cc2c(c(C(N)c3ccccc3)c1)NC(=O)C2C. The van der Waals surface area contributed by atoms with E-state index in [1.807, 2.05) is 44.2 Å². The summed E-state index contributed by atoms with van der Waals surface area (Å²) >= 11 is 0. The molecule has 102 valence electrons. The van der Waals surface area contributed by atoms with Gasteiger partial charge in [0.25, 0.3) is 0 Å². The van der Waals surface area contributed by atoms with E-state index in [-0.39, 0.29) is 17.9 Å². The Morgan fingerprint density at radius 2 is 1.90 bits per heavy atom. The van der Waals surface area contributed by atoms with Crippen LogP contribution in [-0.2, 0) is 4.79 Å². The molecular formula is C17H18N2O. The van der Waals surface area contributed by atoms with Crippen molar-refractivity contribution in [3.8, 4) is 0 Å². The molecule has 0 aliphatic carbocycles. The fourth-order valence-corrected chi connectivity index (χ4v) is 2.79. The fourth-order valence-electron chi connectivity index (χ4n) is 2.79. The summed E-state index contributed by atoms with van der Waals surface area (Å²) in [6, 6.07) is 13.9. The highest BCUT2D eigenvalue weighted by molar-refractivity contribution is 6.03. The molecule has 3 heteroatoms. The van der Waals surface area contributed by atoms with Gasteiger partial charge in [-0.25, -0.2) is 0 Å². The van der Waals surface area contributed by atoms with Crippen LogP contribution in [0.5, 0.6) is 0 Å². The van der Waals surface area contributed by atoms with Gasteiger partial charge in [0.05, 0.1) is 12.0 Å². The van der Waals surface area contributed by atoms with Crippen LogP contribution < -0.4 is 11.1 Å². The highest BCUT2D eigenvalue weighted by Gasteiger charge is 2.30. The molecule has 0 radical (unpaired) electrons. The Kier molecular flexibility index (Phi) is 3.07. The number of benzene rings is 2. The van der Waals surface area contributed by atoms with Crippen LogP contribution >= 0.6 is 0 Å².